The summed E-state index contributed by atoms with van der Waals surface area (Å²) in [5.41, 5.74) is 1.24. The highest BCUT2D eigenvalue weighted by molar-refractivity contribution is 6.30. The van der Waals surface area contributed by atoms with Crippen LogP contribution in [0.15, 0.2) is 24.3 Å². The molecule has 3 heteroatoms. The van der Waals surface area contributed by atoms with Gasteiger partial charge in [0.2, 0.25) is 0 Å². The summed E-state index contributed by atoms with van der Waals surface area (Å²) in [6, 6.07) is 8.54. The molecule has 1 rings (SSSR count). The summed E-state index contributed by atoms with van der Waals surface area (Å²) < 4.78 is 5.28. The molecule has 0 fully saturated rings. The topological polar surface area (TPSA) is 21.3 Å². The number of halogens is 1. The lowest BCUT2D eigenvalue weighted by Gasteiger charge is -2.24. The van der Waals surface area contributed by atoms with Crippen LogP contribution in [-0.2, 0) is 4.74 Å². The van der Waals surface area contributed by atoms with E-state index in [4.69, 9.17) is 16.3 Å². The fourth-order valence-corrected chi connectivity index (χ4v) is 1.71. The molecule has 0 spiro atoms. The van der Waals surface area contributed by atoms with Crippen LogP contribution in [0.5, 0.6) is 0 Å². The third-order valence-electron chi connectivity index (χ3n) is 2.96. The number of ether oxygens (including phenoxy) is 1. The smallest absolute Gasteiger partial charge is 0.0693 e. The van der Waals surface area contributed by atoms with Gasteiger partial charge in [-0.1, -0.05) is 23.7 Å². The van der Waals surface area contributed by atoms with Gasteiger partial charge < -0.3 is 10.1 Å². The fraction of sp³-hybridized carbons (Fsp3) is 0.538. The maximum Gasteiger partial charge on any atom is 0.0693 e. The first-order valence-corrected chi connectivity index (χ1v) is 5.96. The lowest BCUT2D eigenvalue weighted by Crippen LogP contribution is -2.38. The summed E-state index contributed by atoms with van der Waals surface area (Å²) in [5.74, 6) is 0. The lowest BCUT2D eigenvalue weighted by molar-refractivity contribution is 0.0852. The largest absolute Gasteiger partial charge is 0.380 e. The predicted octanol–water partition coefficient (Wildman–Crippen LogP) is 3.41. The van der Waals surface area contributed by atoms with E-state index in [0.717, 1.165) is 5.02 Å². The predicted molar refractivity (Wildman–Crippen MR) is 68.9 cm³/mol. The van der Waals surface area contributed by atoms with Gasteiger partial charge in [0.15, 0.2) is 0 Å². The maximum atomic E-state index is 5.85. The molecule has 0 aliphatic carbocycles. The van der Waals surface area contributed by atoms with E-state index in [1.54, 1.807) is 7.11 Å². The molecule has 1 aromatic carbocycles. The first-order chi connectivity index (χ1) is 7.54. The zero-order chi connectivity index (χ0) is 12.1. The number of benzene rings is 1. The molecule has 2 nitrogen and oxygen atoms in total. The van der Waals surface area contributed by atoms with Crippen molar-refractivity contribution in [1.29, 1.82) is 0 Å². The Morgan fingerprint density at radius 2 is 1.69 bits per heavy atom. The molecular formula is C13H20ClNO. The van der Waals surface area contributed by atoms with Crippen LogP contribution >= 0.6 is 11.6 Å². The van der Waals surface area contributed by atoms with E-state index < -0.39 is 0 Å². The van der Waals surface area contributed by atoms with E-state index in [0.29, 0.717) is 12.1 Å². The van der Waals surface area contributed by atoms with Crippen molar-refractivity contribution in [3.8, 4) is 0 Å². The normalized spacial score (nSPS) is 16.8. The minimum atomic E-state index is 0.203. The Kier molecular flexibility index (Phi) is 5.26. The molecule has 0 saturated carbocycles. The second kappa shape index (κ2) is 6.24. The van der Waals surface area contributed by atoms with E-state index in [9.17, 15) is 0 Å². The number of rotatable bonds is 5. The Bertz CT molecular complexity index is 312. The fourth-order valence-electron chi connectivity index (χ4n) is 1.58. The van der Waals surface area contributed by atoms with Gasteiger partial charge in [-0.2, -0.15) is 0 Å². The van der Waals surface area contributed by atoms with E-state index in [-0.39, 0.29) is 6.10 Å². The van der Waals surface area contributed by atoms with Crippen molar-refractivity contribution in [2.45, 2.75) is 39.0 Å². The van der Waals surface area contributed by atoms with Crippen molar-refractivity contribution in [2.24, 2.45) is 0 Å². The quantitative estimate of drug-likeness (QED) is 0.853. The van der Waals surface area contributed by atoms with Crippen LogP contribution in [0.2, 0.25) is 5.02 Å². The molecule has 90 valence electrons. The summed E-state index contributed by atoms with van der Waals surface area (Å²) in [7, 11) is 1.73. The highest BCUT2D eigenvalue weighted by Crippen LogP contribution is 2.17. The highest BCUT2D eigenvalue weighted by Gasteiger charge is 2.14. The van der Waals surface area contributed by atoms with Gasteiger partial charge in [0.05, 0.1) is 6.10 Å². The van der Waals surface area contributed by atoms with Crippen LogP contribution in [0, 0.1) is 0 Å². The van der Waals surface area contributed by atoms with E-state index in [2.05, 4.69) is 26.1 Å². The number of methoxy groups -OCH3 is 1. The molecule has 0 aromatic heterocycles. The van der Waals surface area contributed by atoms with Gasteiger partial charge >= 0.3 is 0 Å². The molecule has 0 heterocycles. The third kappa shape index (κ3) is 3.78. The van der Waals surface area contributed by atoms with Crippen molar-refractivity contribution in [3.05, 3.63) is 34.9 Å². The SMILES string of the molecule is COC(C)C(C)NC(C)c1ccc(Cl)cc1. The van der Waals surface area contributed by atoms with E-state index >= 15 is 0 Å². The summed E-state index contributed by atoms with van der Waals surface area (Å²) in [4.78, 5) is 0. The van der Waals surface area contributed by atoms with Crippen LogP contribution in [0.3, 0.4) is 0 Å². The zero-order valence-electron chi connectivity index (χ0n) is 10.3. The molecular weight excluding hydrogens is 222 g/mol. The van der Waals surface area contributed by atoms with Gasteiger partial charge in [-0.05, 0) is 38.5 Å². The minimum absolute atomic E-state index is 0.203. The van der Waals surface area contributed by atoms with E-state index in [1.807, 2.05) is 24.3 Å². The van der Waals surface area contributed by atoms with Crippen molar-refractivity contribution >= 4 is 11.6 Å². The second-order valence-corrected chi connectivity index (χ2v) is 4.61. The van der Waals surface area contributed by atoms with Gasteiger partial charge in [0.25, 0.3) is 0 Å². The van der Waals surface area contributed by atoms with Crippen LogP contribution in [0.1, 0.15) is 32.4 Å². The van der Waals surface area contributed by atoms with Crippen molar-refractivity contribution in [3.63, 3.8) is 0 Å². The maximum absolute atomic E-state index is 5.85. The molecule has 0 amide bonds. The molecule has 0 aliphatic heterocycles. The van der Waals surface area contributed by atoms with Crippen LogP contribution in [0.25, 0.3) is 0 Å². The Balaban J connectivity index is 2.58. The molecule has 0 aliphatic rings. The van der Waals surface area contributed by atoms with Crippen molar-refractivity contribution < 1.29 is 4.74 Å². The number of hydrogen-bond acceptors (Lipinski definition) is 2. The van der Waals surface area contributed by atoms with Crippen LogP contribution < -0.4 is 5.32 Å². The highest BCUT2D eigenvalue weighted by atomic mass is 35.5. The number of hydrogen-bond donors (Lipinski definition) is 1. The Morgan fingerprint density at radius 3 is 2.19 bits per heavy atom. The standard InChI is InChI=1S/C13H20ClNO/c1-9(11(3)16-4)15-10(2)12-5-7-13(14)8-6-12/h5-11,15H,1-4H3. The van der Waals surface area contributed by atoms with Crippen molar-refractivity contribution in [2.75, 3.05) is 7.11 Å². The Hall–Kier alpha value is -0.570. The average molecular weight is 242 g/mol. The Labute approximate surface area is 103 Å². The average Bonchev–Trinajstić information content (AvgIpc) is 2.28. The first-order valence-electron chi connectivity index (χ1n) is 5.59. The van der Waals surface area contributed by atoms with Gasteiger partial charge in [-0.25, -0.2) is 0 Å². The summed E-state index contributed by atoms with van der Waals surface area (Å²) >= 11 is 5.85. The molecule has 3 atom stereocenters. The minimum Gasteiger partial charge on any atom is -0.380 e. The van der Waals surface area contributed by atoms with Crippen molar-refractivity contribution in [1.82, 2.24) is 5.32 Å². The van der Waals surface area contributed by atoms with Gasteiger partial charge in [0.1, 0.15) is 0 Å². The van der Waals surface area contributed by atoms with Crippen LogP contribution in [0.4, 0.5) is 0 Å². The number of nitrogens with one attached hydrogen (secondary N) is 1. The molecule has 0 saturated heterocycles. The summed E-state index contributed by atoms with van der Waals surface area (Å²) in [5, 5.41) is 4.27. The van der Waals surface area contributed by atoms with E-state index in [1.165, 1.54) is 5.56 Å². The first kappa shape index (κ1) is 13.5. The summed E-state index contributed by atoms with van der Waals surface area (Å²) in [6.07, 6.45) is 0.203. The van der Waals surface area contributed by atoms with Gasteiger partial charge in [0, 0.05) is 24.2 Å². The van der Waals surface area contributed by atoms with Gasteiger partial charge in [-0.3, -0.25) is 0 Å². The molecule has 3 unspecified atom stereocenters. The molecule has 16 heavy (non-hydrogen) atoms. The molecule has 0 bridgehead atoms. The second-order valence-electron chi connectivity index (χ2n) is 4.17. The monoisotopic (exact) mass is 241 g/mol. The summed E-state index contributed by atoms with van der Waals surface area (Å²) in [6.45, 7) is 6.33. The van der Waals surface area contributed by atoms with Gasteiger partial charge in [-0.15, -0.1) is 0 Å². The molecule has 0 radical (unpaired) electrons. The molecule has 1 aromatic rings. The third-order valence-corrected chi connectivity index (χ3v) is 3.21. The molecule has 1 N–H and O–H groups in total. The lowest BCUT2D eigenvalue weighted by atomic mass is 10.1. The zero-order valence-corrected chi connectivity index (χ0v) is 11.1. The Morgan fingerprint density at radius 1 is 1.12 bits per heavy atom. The van der Waals surface area contributed by atoms with Crippen LogP contribution in [-0.4, -0.2) is 19.3 Å².